The Bertz CT molecular complexity index is 1130. The first kappa shape index (κ1) is 18.6. The normalized spacial score (nSPS) is 12.3. The average Bonchev–Trinajstić information content (AvgIpc) is 3.09. The van der Waals surface area contributed by atoms with Crippen LogP contribution in [0.1, 0.15) is 11.7 Å². The van der Waals surface area contributed by atoms with Crippen molar-refractivity contribution in [1.82, 2.24) is 19.8 Å². The van der Waals surface area contributed by atoms with E-state index in [9.17, 15) is 9.50 Å². The molecule has 0 aliphatic rings. The van der Waals surface area contributed by atoms with Gasteiger partial charge in [0.1, 0.15) is 11.6 Å². The molecule has 0 radical (unpaired) electrons. The molecule has 4 aromatic rings. The number of nitrogens with zero attached hydrogens (tertiary/aromatic N) is 4. The average molecular weight is 418 g/mol. The lowest BCUT2D eigenvalue weighted by atomic mass is 10.1. The van der Waals surface area contributed by atoms with Gasteiger partial charge < -0.3 is 10.4 Å². The van der Waals surface area contributed by atoms with E-state index in [-0.39, 0.29) is 12.4 Å². The standard InChI is InChI=1S/C19H14Cl2FN5O/c20-12-5-3-6-13(21)18(12)15(28)10-23-16-8-9-17-24-25-19(27(17)26-16)11-4-1-2-7-14(11)22/h1-9,15,28H,10H2,(H,23,26). The molecule has 0 spiro atoms. The van der Waals surface area contributed by atoms with Crippen LogP contribution in [0.3, 0.4) is 0 Å². The molecule has 28 heavy (non-hydrogen) atoms. The van der Waals surface area contributed by atoms with Crippen LogP contribution in [0.4, 0.5) is 10.2 Å². The van der Waals surface area contributed by atoms with Crippen molar-refractivity contribution in [1.29, 1.82) is 0 Å². The van der Waals surface area contributed by atoms with E-state index in [4.69, 9.17) is 23.2 Å². The molecule has 6 nitrogen and oxygen atoms in total. The zero-order valence-electron chi connectivity index (χ0n) is 14.4. The van der Waals surface area contributed by atoms with Crippen LogP contribution in [0.2, 0.25) is 10.0 Å². The molecule has 9 heteroatoms. The van der Waals surface area contributed by atoms with Gasteiger partial charge in [0.05, 0.1) is 11.7 Å². The van der Waals surface area contributed by atoms with Crippen molar-refractivity contribution in [2.24, 2.45) is 0 Å². The van der Waals surface area contributed by atoms with Gasteiger partial charge in [0.25, 0.3) is 0 Å². The van der Waals surface area contributed by atoms with Crippen LogP contribution in [-0.4, -0.2) is 31.5 Å². The quantitative estimate of drug-likeness (QED) is 0.503. The third-order valence-electron chi connectivity index (χ3n) is 4.19. The highest BCUT2D eigenvalue weighted by atomic mass is 35.5. The number of halogens is 3. The minimum absolute atomic E-state index is 0.124. The van der Waals surface area contributed by atoms with E-state index in [0.29, 0.717) is 32.6 Å². The molecule has 0 fully saturated rings. The van der Waals surface area contributed by atoms with Gasteiger partial charge in [-0.2, -0.15) is 4.52 Å². The van der Waals surface area contributed by atoms with E-state index in [1.807, 2.05) is 0 Å². The lowest BCUT2D eigenvalue weighted by molar-refractivity contribution is 0.191. The monoisotopic (exact) mass is 417 g/mol. The van der Waals surface area contributed by atoms with E-state index < -0.39 is 11.9 Å². The van der Waals surface area contributed by atoms with Crippen molar-refractivity contribution in [3.05, 3.63) is 76.0 Å². The molecule has 2 aromatic carbocycles. The van der Waals surface area contributed by atoms with Crippen molar-refractivity contribution < 1.29 is 9.50 Å². The number of aliphatic hydroxyl groups excluding tert-OH is 1. The van der Waals surface area contributed by atoms with Crippen molar-refractivity contribution in [2.75, 3.05) is 11.9 Å². The van der Waals surface area contributed by atoms with Crippen molar-refractivity contribution in [2.45, 2.75) is 6.10 Å². The van der Waals surface area contributed by atoms with E-state index in [1.165, 1.54) is 10.6 Å². The number of hydrogen-bond acceptors (Lipinski definition) is 5. The molecule has 2 aromatic heterocycles. The first-order valence-corrected chi connectivity index (χ1v) is 9.13. The predicted octanol–water partition coefficient (Wildman–Crippen LogP) is 4.38. The molecule has 2 N–H and O–H groups in total. The van der Waals surface area contributed by atoms with Gasteiger partial charge in [0.2, 0.25) is 0 Å². The molecule has 0 saturated carbocycles. The van der Waals surface area contributed by atoms with Crippen LogP contribution in [0, 0.1) is 5.82 Å². The van der Waals surface area contributed by atoms with Crippen LogP contribution in [0.25, 0.3) is 17.0 Å². The van der Waals surface area contributed by atoms with Crippen molar-refractivity contribution in [3.8, 4) is 11.4 Å². The van der Waals surface area contributed by atoms with Gasteiger partial charge in [-0.15, -0.1) is 15.3 Å². The molecule has 0 amide bonds. The van der Waals surface area contributed by atoms with Crippen LogP contribution in [0.5, 0.6) is 0 Å². The minimum Gasteiger partial charge on any atom is -0.386 e. The van der Waals surface area contributed by atoms with E-state index in [2.05, 4.69) is 20.6 Å². The Hall–Kier alpha value is -2.74. The van der Waals surface area contributed by atoms with Gasteiger partial charge in [0.15, 0.2) is 11.5 Å². The molecule has 0 saturated heterocycles. The Morgan fingerprint density at radius 1 is 1.00 bits per heavy atom. The van der Waals surface area contributed by atoms with Gasteiger partial charge in [-0.3, -0.25) is 0 Å². The van der Waals surface area contributed by atoms with Crippen LogP contribution in [-0.2, 0) is 0 Å². The highest BCUT2D eigenvalue weighted by Gasteiger charge is 2.17. The Morgan fingerprint density at radius 2 is 1.75 bits per heavy atom. The summed E-state index contributed by atoms with van der Waals surface area (Å²) >= 11 is 12.3. The molecule has 142 valence electrons. The summed E-state index contributed by atoms with van der Waals surface area (Å²) in [4.78, 5) is 0. The highest BCUT2D eigenvalue weighted by molar-refractivity contribution is 6.36. The summed E-state index contributed by atoms with van der Waals surface area (Å²) in [5, 5.41) is 26.7. The second-order valence-corrected chi connectivity index (χ2v) is 6.84. The molecule has 0 aliphatic heterocycles. The Morgan fingerprint density at radius 3 is 2.50 bits per heavy atom. The fourth-order valence-electron chi connectivity index (χ4n) is 2.83. The molecule has 1 unspecified atom stereocenters. The zero-order valence-corrected chi connectivity index (χ0v) is 15.9. The zero-order chi connectivity index (χ0) is 19.7. The first-order chi connectivity index (χ1) is 13.5. The summed E-state index contributed by atoms with van der Waals surface area (Å²) in [5.74, 6) is 0.319. The maximum Gasteiger partial charge on any atom is 0.188 e. The minimum atomic E-state index is -0.939. The number of hydrogen-bond donors (Lipinski definition) is 2. The number of aromatic nitrogens is 4. The van der Waals surface area contributed by atoms with Crippen LogP contribution < -0.4 is 5.32 Å². The maximum absolute atomic E-state index is 14.1. The Balaban J connectivity index is 1.60. The molecular formula is C19H14Cl2FN5O. The first-order valence-electron chi connectivity index (χ1n) is 8.38. The fraction of sp³-hybridized carbons (Fsp3) is 0.105. The summed E-state index contributed by atoms with van der Waals surface area (Å²) in [5.41, 5.74) is 1.21. The predicted molar refractivity (Wildman–Crippen MR) is 106 cm³/mol. The molecule has 4 rings (SSSR count). The van der Waals surface area contributed by atoms with Crippen molar-refractivity contribution >= 4 is 34.7 Å². The third kappa shape index (κ3) is 3.52. The molecule has 1 atom stereocenters. The smallest absolute Gasteiger partial charge is 0.188 e. The largest absolute Gasteiger partial charge is 0.386 e. The summed E-state index contributed by atoms with van der Waals surface area (Å²) in [6.07, 6.45) is -0.939. The SMILES string of the molecule is OC(CNc1ccc2nnc(-c3ccccc3F)n2n1)c1c(Cl)cccc1Cl. The topological polar surface area (TPSA) is 75.3 Å². The van der Waals surface area contributed by atoms with Gasteiger partial charge in [-0.05, 0) is 36.4 Å². The van der Waals surface area contributed by atoms with Crippen LogP contribution >= 0.6 is 23.2 Å². The third-order valence-corrected chi connectivity index (χ3v) is 4.85. The number of nitrogens with one attached hydrogen (secondary N) is 1. The van der Waals surface area contributed by atoms with Crippen molar-refractivity contribution in [3.63, 3.8) is 0 Å². The van der Waals surface area contributed by atoms with E-state index >= 15 is 0 Å². The Labute approximate surface area is 169 Å². The maximum atomic E-state index is 14.1. The van der Waals surface area contributed by atoms with Crippen LogP contribution in [0.15, 0.2) is 54.6 Å². The lowest BCUT2D eigenvalue weighted by Gasteiger charge is -2.15. The summed E-state index contributed by atoms with van der Waals surface area (Å²) < 4.78 is 15.6. The molecule has 0 aliphatic carbocycles. The Kier molecular flexibility index (Phi) is 5.13. The lowest BCUT2D eigenvalue weighted by Crippen LogP contribution is -2.14. The van der Waals surface area contributed by atoms with Gasteiger partial charge >= 0.3 is 0 Å². The van der Waals surface area contributed by atoms with Gasteiger partial charge in [0, 0.05) is 22.2 Å². The molecule has 2 heterocycles. The fourth-order valence-corrected chi connectivity index (χ4v) is 3.48. The number of fused-ring (bicyclic) bond motifs is 1. The summed E-state index contributed by atoms with van der Waals surface area (Å²) in [6.45, 7) is 0.124. The highest BCUT2D eigenvalue weighted by Crippen LogP contribution is 2.30. The van der Waals surface area contributed by atoms with E-state index in [0.717, 1.165) is 0 Å². The van der Waals surface area contributed by atoms with Gasteiger partial charge in [-0.25, -0.2) is 4.39 Å². The number of aliphatic hydroxyl groups is 1. The number of benzene rings is 2. The summed E-state index contributed by atoms with van der Waals surface area (Å²) in [7, 11) is 0. The van der Waals surface area contributed by atoms with Gasteiger partial charge in [-0.1, -0.05) is 41.4 Å². The second-order valence-electron chi connectivity index (χ2n) is 6.02. The number of rotatable bonds is 5. The second kappa shape index (κ2) is 7.71. The molecule has 0 bridgehead atoms. The molecular weight excluding hydrogens is 404 g/mol. The van der Waals surface area contributed by atoms with E-state index in [1.54, 1.807) is 48.5 Å². The number of anilines is 1. The summed E-state index contributed by atoms with van der Waals surface area (Å²) in [6, 6.07) is 14.7.